The lowest BCUT2D eigenvalue weighted by molar-refractivity contribution is -0.141. The average molecular weight is 263 g/mol. The molecular formula is C14H17NO4. The zero-order valence-corrected chi connectivity index (χ0v) is 10.8. The van der Waals surface area contributed by atoms with Gasteiger partial charge in [-0.05, 0) is 37.0 Å². The van der Waals surface area contributed by atoms with Crippen LogP contribution in [-0.2, 0) is 11.2 Å². The van der Waals surface area contributed by atoms with Crippen molar-refractivity contribution < 1.29 is 19.4 Å². The number of rotatable bonds is 3. The van der Waals surface area contributed by atoms with Gasteiger partial charge in [0.25, 0.3) is 0 Å². The van der Waals surface area contributed by atoms with Crippen LogP contribution in [0, 0.1) is 0 Å². The molecule has 0 bridgehead atoms. The van der Waals surface area contributed by atoms with Gasteiger partial charge in [0.15, 0.2) is 0 Å². The number of nitrogens with zero attached hydrogens (tertiary/aromatic N) is 1. The molecule has 1 fully saturated rings. The highest BCUT2D eigenvalue weighted by atomic mass is 16.6. The Morgan fingerprint density at radius 3 is 2.63 bits per heavy atom. The molecule has 0 aliphatic carbocycles. The number of benzene rings is 1. The average Bonchev–Trinajstić information content (AvgIpc) is 2.89. The molecule has 2 rings (SSSR count). The Morgan fingerprint density at radius 2 is 2.05 bits per heavy atom. The summed E-state index contributed by atoms with van der Waals surface area (Å²) >= 11 is 0. The molecule has 1 aliphatic rings. The van der Waals surface area contributed by atoms with Gasteiger partial charge in [-0.2, -0.15) is 0 Å². The Hall–Kier alpha value is -2.04. The number of carbonyl (C=O) groups is 2. The zero-order valence-electron chi connectivity index (χ0n) is 10.8. The van der Waals surface area contributed by atoms with Crippen LogP contribution >= 0.6 is 0 Å². The minimum Gasteiger partial charge on any atom is -0.480 e. The van der Waals surface area contributed by atoms with E-state index in [1.807, 2.05) is 19.1 Å². The van der Waals surface area contributed by atoms with Crippen LogP contribution in [0.25, 0.3) is 0 Å². The highest BCUT2D eigenvalue weighted by Gasteiger charge is 2.35. The number of aliphatic carboxylic acids is 1. The van der Waals surface area contributed by atoms with Crippen LogP contribution in [0.15, 0.2) is 24.3 Å². The van der Waals surface area contributed by atoms with E-state index in [4.69, 9.17) is 9.84 Å². The van der Waals surface area contributed by atoms with Gasteiger partial charge in [-0.25, -0.2) is 9.59 Å². The molecule has 1 unspecified atom stereocenters. The number of likely N-dealkylation sites (tertiary alicyclic amines) is 1. The number of amides is 1. The van der Waals surface area contributed by atoms with E-state index in [9.17, 15) is 9.59 Å². The van der Waals surface area contributed by atoms with Crippen molar-refractivity contribution in [2.24, 2.45) is 0 Å². The molecule has 102 valence electrons. The van der Waals surface area contributed by atoms with Gasteiger partial charge in [0.1, 0.15) is 11.8 Å². The molecule has 1 N–H and O–H groups in total. The van der Waals surface area contributed by atoms with E-state index < -0.39 is 18.1 Å². The third kappa shape index (κ3) is 3.05. The Labute approximate surface area is 111 Å². The van der Waals surface area contributed by atoms with Crippen LogP contribution in [0.1, 0.15) is 25.3 Å². The van der Waals surface area contributed by atoms with Crippen molar-refractivity contribution >= 4 is 12.1 Å². The molecule has 0 aromatic heterocycles. The van der Waals surface area contributed by atoms with Crippen LogP contribution in [0.3, 0.4) is 0 Å². The lowest BCUT2D eigenvalue weighted by atomic mass is 10.2. The number of hydrogen-bond acceptors (Lipinski definition) is 3. The zero-order chi connectivity index (χ0) is 13.8. The van der Waals surface area contributed by atoms with E-state index >= 15 is 0 Å². The summed E-state index contributed by atoms with van der Waals surface area (Å²) in [5, 5.41) is 9.02. The van der Waals surface area contributed by atoms with Gasteiger partial charge in [-0.15, -0.1) is 0 Å². The third-order valence-electron chi connectivity index (χ3n) is 3.31. The summed E-state index contributed by atoms with van der Waals surface area (Å²) in [6.07, 6.45) is 1.51. The van der Waals surface area contributed by atoms with Gasteiger partial charge in [0, 0.05) is 6.54 Å². The largest absolute Gasteiger partial charge is 0.480 e. The first-order chi connectivity index (χ1) is 9.11. The fraction of sp³-hybridized carbons (Fsp3) is 0.429. The summed E-state index contributed by atoms with van der Waals surface area (Å²) in [6, 6.07) is 6.47. The standard InChI is InChI=1S/C14H17NO4/c1-2-10-5-7-11(8-6-10)19-14(18)15-9-3-4-12(15)13(16)17/h5-8,12H,2-4,9H2,1H3,(H,16,17). The first-order valence-corrected chi connectivity index (χ1v) is 6.42. The van der Waals surface area contributed by atoms with Gasteiger partial charge in [-0.1, -0.05) is 19.1 Å². The molecule has 1 amide bonds. The van der Waals surface area contributed by atoms with E-state index in [0.717, 1.165) is 12.0 Å². The van der Waals surface area contributed by atoms with Crippen LogP contribution in [0.5, 0.6) is 5.75 Å². The Bertz CT molecular complexity index is 469. The minimum absolute atomic E-state index is 0.433. The lowest BCUT2D eigenvalue weighted by Crippen LogP contribution is -2.41. The predicted octanol–water partition coefficient (Wildman–Crippen LogP) is 2.30. The molecule has 1 heterocycles. The van der Waals surface area contributed by atoms with E-state index in [2.05, 4.69) is 0 Å². The third-order valence-corrected chi connectivity index (χ3v) is 3.31. The maximum atomic E-state index is 11.9. The van der Waals surface area contributed by atoms with Gasteiger partial charge in [0.05, 0.1) is 0 Å². The molecular weight excluding hydrogens is 246 g/mol. The minimum atomic E-state index is -0.976. The van der Waals surface area contributed by atoms with E-state index in [1.54, 1.807) is 12.1 Å². The van der Waals surface area contributed by atoms with Crippen molar-refractivity contribution in [1.82, 2.24) is 4.90 Å². The van der Waals surface area contributed by atoms with Crippen LogP contribution in [0.4, 0.5) is 4.79 Å². The molecule has 1 saturated heterocycles. The first kappa shape index (κ1) is 13.4. The van der Waals surface area contributed by atoms with Gasteiger partial charge >= 0.3 is 12.1 Å². The van der Waals surface area contributed by atoms with Crippen molar-refractivity contribution in [2.75, 3.05) is 6.54 Å². The number of aryl methyl sites for hydroxylation is 1. The Balaban J connectivity index is 2.01. The number of carboxylic acids is 1. The maximum absolute atomic E-state index is 11.9. The highest BCUT2D eigenvalue weighted by Crippen LogP contribution is 2.20. The summed E-state index contributed by atoms with van der Waals surface area (Å²) in [6.45, 7) is 2.48. The topological polar surface area (TPSA) is 66.8 Å². The second-order valence-electron chi connectivity index (χ2n) is 4.56. The summed E-state index contributed by atoms with van der Waals surface area (Å²) < 4.78 is 5.20. The molecule has 5 nitrogen and oxygen atoms in total. The van der Waals surface area contributed by atoms with Crippen molar-refractivity contribution in [3.05, 3.63) is 29.8 Å². The fourth-order valence-corrected chi connectivity index (χ4v) is 2.19. The number of carbonyl (C=O) groups excluding carboxylic acids is 1. The maximum Gasteiger partial charge on any atom is 0.415 e. The monoisotopic (exact) mass is 263 g/mol. The second kappa shape index (κ2) is 5.73. The van der Waals surface area contributed by atoms with Crippen molar-refractivity contribution in [1.29, 1.82) is 0 Å². The summed E-state index contributed by atoms with van der Waals surface area (Å²) in [5.41, 5.74) is 1.16. The molecule has 1 atom stereocenters. The number of carboxylic acid groups (broad SMARTS) is 1. The molecule has 1 aliphatic heterocycles. The summed E-state index contributed by atoms with van der Waals surface area (Å²) in [4.78, 5) is 24.2. The Kier molecular flexibility index (Phi) is 4.04. The SMILES string of the molecule is CCc1ccc(OC(=O)N2CCCC2C(=O)O)cc1. The Morgan fingerprint density at radius 1 is 1.37 bits per heavy atom. The van der Waals surface area contributed by atoms with E-state index in [-0.39, 0.29) is 0 Å². The fourth-order valence-electron chi connectivity index (χ4n) is 2.19. The number of hydrogen-bond donors (Lipinski definition) is 1. The molecule has 19 heavy (non-hydrogen) atoms. The second-order valence-corrected chi connectivity index (χ2v) is 4.56. The highest BCUT2D eigenvalue weighted by molar-refractivity contribution is 5.81. The molecule has 0 radical (unpaired) electrons. The van der Waals surface area contributed by atoms with E-state index in [1.165, 1.54) is 4.90 Å². The summed E-state index contributed by atoms with van der Waals surface area (Å²) in [7, 11) is 0. The molecule has 0 saturated carbocycles. The van der Waals surface area contributed by atoms with Crippen molar-refractivity contribution in [2.45, 2.75) is 32.2 Å². The first-order valence-electron chi connectivity index (χ1n) is 6.42. The van der Waals surface area contributed by atoms with Gasteiger partial charge in [0.2, 0.25) is 0 Å². The molecule has 1 aromatic carbocycles. The summed E-state index contributed by atoms with van der Waals surface area (Å²) in [5.74, 6) is -0.533. The smallest absolute Gasteiger partial charge is 0.415 e. The van der Waals surface area contributed by atoms with Crippen LogP contribution in [-0.4, -0.2) is 34.7 Å². The van der Waals surface area contributed by atoms with Crippen molar-refractivity contribution in [3.63, 3.8) is 0 Å². The van der Waals surface area contributed by atoms with Crippen molar-refractivity contribution in [3.8, 4) is 5.75 Å². The van der Waals surface area contributed by atoms with E-state index in [0.29, 0.717) is 25.1 Å². The lowest BCUT2D eigenvalue weighted by Gasteiger charge is -2.20. The van der Waals surface area contributed by atoms with Gasteiger partial charge in [-0.3, -0.25) is 4.90 Å². The number of ether oxygens (including phenoxy) is 1. The normalized spacial score (nSPS) is 18.4. The van der Waals surface area contributed by atoms with Crippen LogP contribution in [0.2, 0.25) is 0 Å². The van der Waals surface area contributed by atoms with Crippen LogP contribution < -0.4 is 4.74 Å². The predicted molar refractivity (Wildman–Crippen MR) is 69.2 cm³/mol. The molecule has 5 heteroatoms. The molecule has 1 aromatic rings. The van der Waals surface area contributed by atoms with Gasteiger partial charge < -0.3 is 9.84 Å². The quantitative estimate of drug-likeness (QED) is 0.908. The molecule has 0 spiro atoms.